The van der Waals surface area contributed by atoms with Gasteiger partial charge in [0.05, 0.1) is 12.2 Å². The summed E-state index contributed by atoms with van der Waals surface area (Å²) in [6.07, 6.45) is -1.54. The topological polar surface area (TPSA) is 40.5 Å². The molecular formula is C13H18BrFO2. The summed E-state index contributed by atoms with van der Waals surface area (Å²) in [6.45, 7) is 5.55. The van der Waals surface area contributed by atoms with Gasteiger partial charge in [0.2, 0.25) is 0 Å². The largest absolute Gasteiger partial charge is 0.390 e. The lowest BCUT2D eigenvalue weighted by Gasteiger charge is -2.30. The smallest absolute Gasteiger partial charge is 0.123 e. The van der Waals surface area contributed by atoms with Crippen LogP contribution in [0.3, 0.4) is 0 Å². The van der Waals surface area contributed by atoms with E-state index in [9.17, 15) is 14.6 Å². The molecule has 2 unspecified atom stereocenters. The molecule has 0 fully saturated rings. The van der Waals surface area contributed by atoms with Crippen molar-refractivity contribution in [3.05, 3.63) is 34.1 Å². The lowest BCUT2D eigenvalue weighted by Crippen LogP contribution is -2.38. The Balaban J connectivity index is 2.81. The standard InChI is InChI=1S/C13H18BrFO2/c1-13(2,3)12(17)11(16)7-8-6-9(15)4-5-10(8)14/h4-6,11-12,16-17H,7H2,1-3H3. The molecule has 1 aromatic carbocycles. The third-order valence-electron chi connectivity index (χ3n) is 2.69. The number of aliphatic hydroxyl groups excluding tert-OH is 2. The molecular weight excluding hydrogens is 287 g/mol. The zero-order valence-corrected chi connectivity index (χ0v) is 11.8. The van der Waals surface area contributed by atoms with E-state index in [0.29, 0.717) is 5.56 Å². The number of benzene rings is 1. The minimum atomic E-state index is -0.909. The fraction of sp³-hybridized carbons (Fsp3) is 0.538. The molecule has 1 aromatic rings. The Kier molecular flexibility index (Phi) is 4.69. The van der Waals surface area contributed by atoms with Crippen molar-refractivity contribution in [2.75, 3.05) is 0 Å². The van der Waals surface area contributed by atoms with Crippen molar-refractivity contribution in [2.45, 2.75) is 39.4 Å². The monoisotopic (exact) mass is 304 g/mol. The quantitative estimate of drug-likeness (QED) is 0.901. The van der Waals surface area contributed by atoms with E-state index in [1.54, 1.807) is 6.07 Å². The van der Waals surface area contributed by atoms with Gasteiger partial charge in [0, 0.05) is 10.9 Å². The molecule has 4 heteroatoms. The van der Waals surface area contributed by atoms with Gasteiger partial charge in [-0.2, -0.15) is 0 Å². The molecule has 17 heavy (non-hydrogen) atoms. The lowest BCUT2D eigenvalue weighted by molar-refractivity contribution is -0.0434. The van der Waals surface area contributed by atoms with E-state index in [-0.39, 0.29) is 12.2 Å². The molecule has 2 N–H and O–H groups in total. The van der Waals surface area contributed by atoms with Crippen LogP contribution in [-0.4, -0.2) is 22.4 Å². The molecule has 0 aliphatic carbocycles. The summed E-state index contributed by atoms with van der Waals surface area (Å²) in [5.41, 5.74) is 0.250. The molecule has 0 heterocycles. The maximum absolute atomic E-state index is 13.1. The molecule has 96 valence electrons. The van der Waals surface area contributed by atoms with E-state index in [1.165, 1.54) is 12.1 Å². The summed E-state index contributed by atoms with van der Waals surface area (Å²) in [6, 6.07) is 4.31. The number of hydrogen-bond donors (Lipinski definition) is 2. The van der Waals surface area contributed by atoms with Gasteiger partial charge >= 0.3 is 0 Å². The average Bonchev–Trinajstić information content (AvgIpc) is 2.21. The minimum absolute atomic E-state index is 0.219. The van der Waals surface area contributed by atoms with Crippen LogP contribution >= 0.6 is 15.9 Å². The fourth-order valence-electron chi connectivity index (χ4n) is 1.61. The zero-order chi connectivity index (χ0) is 13.2. The van der Waals surface area contributed by atoms with Gasteiger partial charge in [-0.25, -0.2) is 4.39 Å². The number of hydrogen-bond acceptors (Lipinski definition) is 2. The number of halogens is 2. The Morgan fingerprint density at radius 3 is 2.41 bits per heavy atom. The van der Waals surface area contributed by atoms with Gasteiger partial charge in [0.25, 0.3) is 0 Å². The molecule has 0 amide bonds. The van der Waals surface area contributed by atoms with Crippen molar-refractivity contribution in [3.63, 3.8) is 0 Å². The highest BCUT2D eigenvalue weighted by Gasteiger charge is 2.29. The van der Waals surface area contributed by atoms with E-state index in [0.717, 1.165) is 4.47 Å². The van der Waals surface area contributed by atoms with Crippen LogP contribution in [0.1, 0.15) is 26.3 Å². The summed E-state index contributed by atoms with van der Waals surface area (Å²) in [5, 5.41) is 19.8. The van der Waals surface area contributed by atoms with Crippen LogP contribution in [0.4, 0.5) is 4.39 Å². The normalized spacial score (nSPS) is 15.7. The van der Waals surface area contributed by atoms with Crippen molar-refractivity contribution in [3.8, 4) is 0 Å². The highest BCUT2D eigenvalue weighted by molar-refractivity contribution is 9.10. The lowest BCUT2D eigenvalue weighted by atomic mass is 9.84. The Hall–Kier alpha value is -0.450. The van der Waals surface area contributed by atoms with Gasteiger partial charge in [-0.3, -0.25) is 0 Å². The van der Waals surface area contributed by atoms with Gasteiger partial charge in [-0.15, -0.1) is 0 Å². The molecule has 0 spiro atoms. The van der Waals surface area contributed by atoms with Gasteiger partial charge in [-0.1, -0.05) is 36.7 Å². The molecule has 2 nitrogen and oxygen atoms in total. The molecule has 0 aliphatic rings. The first kappa shape index (κ1) is 14.6. The Morgan fingerprint density at radius 2 is 1.88 bits per heavy atom. The molecule has 0 aromatic heterocycles. The average molecular weight is 305 g/mol. The van der Waals surface area contributed by atoms with Gasteiger partial charge in [0.1, 0.15) is 5.82 Å². The van der Waals surface area contributed by atoms with Crippen LogP contribution < -0.4 is 0 Å². The highest BCUT2D eigenvalue weighted by atomic mass is 79.9. The van der Waals surface area contributed by atoms with Gasteiger partial charge < -0.3 is 10.2 Å². The summed E-state index contributed by atoms with van der Waals surface area (Å²) in [7, 11) is 0. The second kappa shape index (κ2) is 5.46. The third kappa shape index (κ3) is 4.05. The first-order chi connectivity index (χ1) is 7.71. The fourth-order valence-corrected chi connectivity index (χ4v) is 2.02. The molecule has 2 atom stereocenters. The summed E-state index contributed by atoms with van der Waals surface area (Å²) < 4.78 is 13.8. The van der Waals surface area contributed by atoms with Crippen LogP contribution in [-0.2, 0) is 6.42 Å². The first-order valence-corrected chi connectivity index (χ1v) is 6.31. The molecule has 0 radical (unpaired) electrons. The SMILES string of the molecule is CC(C)(C)C(O)C(O)Cc1cc(F)ccc1Br. The maximum Gasteiger partial charge on any atom is 0.123 e. The van der Waals surface area contributed by atoms with Crippen molar-refractivity contribution in [1.82, 2.24) is 0 Å². The van der Waals surface area contributed by atoms with E-state index in [4.69, 9.17) is 0 Å². The second-order valence-electron chi connectivity index (χ2n) is 5.32. The van der Waals surface area contributed by atoms with E-state index >= 15 is 0 Å². The van der Waals surface area contributed by atoms with E-state index in [2.05, 4.69) is 15.9 Å². The van der Waals surface area contributed by atoms with Crippen molar-refractivity contribution < 1.29 is 14.6 Å². The molecule has 0 aliphatic heterocycles. The van der Waals surface area contributed by atoms with Crippen LogP contribution in [0.25, 0.3) is 0 Å². The van der Waals surface area contributed by atoms with Crippen LogP contribution in [0.5, 0.6) is 0 Å². The molecule has 0 saturated carbocycles. The Labute approximate surface area is 110 Å². The number of aliphatic hydroxyl groups is 2. The van der Waals surface area contributed by atoms with Crippen LogP contribution in [0.2, 0.25) is 0 Å². The Morgan fingerprint density at radius 1 is 1.29 bits per heavy atom. The van der Waals surface area contributed by atoms with Crippen molar-refractivity contribution >= 4 is 15.9 Å². The van der Waals surface area contributed by atoms with Crippen LogP contribution in [0, 0.1) is 11.2 Å². The summed E-state index contributed by atoms with van der Waals surface area (Å²) in [5.74, 6) is -0.347. The summed E-state index contributed by atoms with van der Waals surface area (Å²) >= 11 is 3.30. The highest BCUT2D eigenvalue weighted by Crippen LogP contribution is 2.26. The zero-order valence-electron chi connectivity index (χ0n) is 10.2. The van der Waals surface area contributed by atoms with Gasteiger partial charge in [0.15, 0.2) is 0 Å². The molecule has 1 rings (SSSR count). The molecule has 0 bridgehead atoms. The third-order valence-corrected chi connectivity index (χ3v) is 3.46. The first-order valence-electron chi connectivity index (χ1n) is 5.52. The predicted octanol–water partition coefficient (Wildman–Crippen LogP) is 2.90. The van der Waals surface area contributed by atoms with E-state index in [1.807, 2.05) is 20.8 Å². The van der Waals surface area contributed by atoms with E-state index < -0.39 is 17.6 Å². The Bertz CT molecular complexity index is 387. The maximum atomic E-state index is 13.1. The summed E-state index contributed by atoms with van der Waals surface area (Å²) in [4.78, 5) is 0. The van der Waals surface area contributed by atoms with Crippen molar-refractivity contribution in [1.29, 1.82) is 0 Å². The van der Waals surface area contributed by atoms with Crippen molar-refractivity contribution in [2.24, 2.45) is 5.41 Å². The van der Waals surface area contributed by atoms with Gasteiger partial charge in [-0.05, 0) is 29.2 Å². The van der Waals surface area contributed by atoms with Crippen LogP contribution in [0.15, 0.2) is 22.7 Å². The minimum Gasteiger partial charge on any atom is -0.390 e. The number of rotatable bonds is 3. The second-order valence-corrected chi connectivity index (χ2v) is 6.17. The predicted molar refractivity (Wildman–Crippen MR) is 69.3 cm³/mol. The molecule has 0 saturated heterocycles.